The number of hydrogen-bond acceptors (Lipinski definition) is 2. The van der Waals surface area contributed by atoms with Gasteiger partial charge in [-0.15, -0.1) is 0 Å². The number of para-hydroxylation sites is 1. The molecule has 0 atom stereocenters. The average Bonchev–Trinajstić information content (AvgIpc) is 2.29. The summed E-state index contributed by atoms with van der Waals surface area (Å²) in [5.74, 6) is 0. The van der Waals surface area contributed by atoms with E-state index in [1.165, 1.54) is 11.3 Å². The highest BCUT2D eigenvalue weighted by Gasteiger charge is 2.05. The van der Waals surface area contributed by atoms with Gasteiger partial charge in [0, 0.05) is 31.0 Å². The van der Waals surface area contributed by atoms with Crippen molar-refractivity contribution in [3.8, 4) is 11.1 Å². The maximum absolute atomic E-state index is 5.81. The number of nitrogens with zero attached hydrogens (tertiary/aromatic N) is 1. The normalized spacial score (nSPS) is 10.1. The van der Waals surface area contributed by atoms with Crippen molar-refractivity contribution in [2.45, 2.75) is 0 Å². The summed E-state index contributed by atoms with van der Waals surface area (Å²) in [6, 6.07) is 16.3. The van der Waals surface area contributed by atoms with Crippen molar-refractivity contribution < 1.29 is 0 Å². The van der Waals surface area contributed by atoms with E-state index in [2.05, 4.69) is 23.1 Å². The Labute approximate surface area is 96.3 Å². The lowest BCUT2D eigenvalue weighted by Crippen LogP contribution is -2.09. The lowest BCUT2D eigenvalue weighted by atomic mass is 10.0. The SMILES string of the molecule is CN(C)c1ccccc1-c1cccc(N)c1. The standard InChI is InChI=1S/C14H16N2/c1-16(2)14-9-4-3-8-13(14)11-6-5-7-12(15)10-11/h3-10H,15H2,1-2H3. The van der Waals surface area contributed by atoms with E-state index in [0.717, 1.165) is 11.3 Å². The molecule has 2 rings (SSSR count). The van der Waals surface area contributed by atoms with Crippen molar-refractivity contribution in [1.82, 2.24) is 0 Å². The second kappa shape index (κ2) is 4.27. The number of anilines is 2. The van der Waals surface area contributed by atoms with Crippen molar-refractivity contribution >= 4 is 11.4 Å². The molecule has 0 unspecified atom stereocenters. The maximum Gasteiger partial charge on any atom is 0.0440 e. The predicted octanol–water partition coefficient (Wildman–Crippen LogP) is 3.00. The van der Waals surface area contributed by atoms with E-state index in [0.29, 0.717) is 0 Å². The Morgan fingerprint density at radius 1 is 0.938 bits per heavy atom. The molecule has 0 aromatic heterocycles. The molecule has 0 aliphatic heterocycles. The van der Waals surface area contributed by atoms with Crippen LogP contribution in [0.15, 0.2) is 48.5 Å². The molecule has 0 radical (unpaired) electrons. The van der Waals surface area contributed by atoms with E-state index in [1.807, 2.05) is 44.4 Å². The molecule has 0 spiro atoms. The molecule has 82 valence electrons. The molecular weight excluding hydrogens is 196 g/mol. The van der Waals surface area contributed by atoms with Crippen molar-refractivity contribution in [3.05, 3.63) is 48.5 Å². The van der Waals surface area contributed by atoms with E-state index < -0.39 is 0 Å². The molecule has 0 saturated carbocycles. The Balaban J connectivity index is 2.55. The summed E-state index contributed by atoms with van der Waals surface area (Å²) in [4.78, 5) is 2.11. The van der Waals surface area contributed by atoms with Crippen LogP contribution in [0.1, 0.15) is 0 Å². The molecule has 2 aromatic rings. The molecule has 0 aliphatic rings. The Morgan fingerprint density at radius 3 is 2.38 bits per heavy atom. The van der Waals surface area contributed by atoms with E-state index in [9.17, 15) is 0 Å². The molecule has 0 heterocycles. The lowest BCUT2D eigenvalue weighted by Gasteiger charge is -2.17. The minimum absolute atomic E-state index is 0.797. The Bertz CT molecular complexity index is 490. The van der Waals surface area contributed by atoms with Gasteiger partial charge in [0.1, 0.15) is 0 Å². The minimum atomic E-state index is 0.797. The number of hydrogen-bond donors (Lipinski definition) is 1. The van der Waals surface area contributed by atoms with Crippen LogP contribution in [-0.4, -0.2) is 14.1 Å². The van der Waals surface area contributed by atoms with Crippen molar-refractivity contribution in [2.75, 3.05) is 24.7 Å². The van der Waals surface area contributed by atoms with Gasteiger partial charge in [-0.05, 0) is 23.8 Å². The van der Waals surface area contributed by atoms with Gasteiger partial charge in [-0.3, -0.25) is 0 Å². The largest absolute Gasteiger partial charge is 0.399 e. The fourth-order valence-electron chi connectivity index (χ4n) is 1.81. The fraction of sp³-hybridized carbons (Fsp3) is 0.143. The molecule has 2 aromatic carbocycles. The van der Waals surface area contributed by atoms with E-state index in [-0.39, 0.29) is 0 Å². The molecule has 0 aliphatic carbocycles. The number of nitrogens with two attached hydrogens (primary N) is 1. The summed E-state index contributed by atoms with van der Waals surface area (Å²) in [5.41, 5.74) is 10.2. The highest BCUT2D eigenvalue weighted by molar-refractivity contribution is 5.79. The zero-order valence-electron chi connectivity index (χ0n) is 9.64. The lowest BCUT2D eigenvalue weighted by molar-refractivity contribution is 1.13. The van der Waals surface area contributed by atoms with Gasteiger partial charge in [-0.1, -0.05) is 30.3 Å². The van der Waals surface area contributed by atoms with Gasteiger partial charge in [0.05, 0.1) is 0 Å². The predicted molar refractivity (Wildman–Crippen MR) is 70.6 cm³/mol. The highest BCUT2D eigenvalue weighted by atomic mass is 15.1. The van der Waals surface area contributed by atoms with Crippen LogP contribution in [0.3, 0.4) is 0 Å². The van der Waals surface area contributed by atoms with Crippen molar-refractivity contribution in [2.24, 2.45) is 0 Å². The molecule has 2 heteroatoms. The molecule has 2 nitrogen and oxygen atoms in total. The molecule has 0 fully saturated rings. The zero-order valence-corrected chi connectivity index (χ0v) is 9.64. The minimum Gasteiger partial charge on any atom is -0.399 e. The van der Waals surface area contributed by atoms with Crippen LogP contribution in [0.5, 0.6) is 0 Å². The van der Waals surface area contributed by atoms with E-state index >= 15 is 0 Å². The number of nitrogen functional groups attached to an aromatic ring is 1. The first-order chi connectivity index (χ1) is 7.68. The van der Waals surface area contributed by atoms with Crippen LogP contribution >= 0.6 is 0 Å². The fourth-order valence-corrected chi connectivity index (χ4v) is 1.81. The quantitative estimate of drug-likeness (QED) is 0.775. The molecule has 0 saturated heterocycles. The first kappa shape index (κ1) is 10.6. The second-order valence-corrected chi connectivity index (χ2v) is 4.04. The van der Waals surface area contributed by atoms with Gasteiger partial charge in [-0.2, -0.15) is 0 Å². The summed E-state index contributed by atoms with van der Waals surface area (Å²) in [7, 11) is 4.09. The van der Waals surface area contributed by atoms with Gasteiger partial charge >= 0.3 is 0 Å². The molecule has 0 bridgehead atoms. The summed E-state index contributed by atoms with van der Waals surface area (Å²) < 4.78 is 0. The third-order valence-corrected chi connectivity index (χ3v) is 2.58. The smallest absolute Gasteiger partial charge is 0.0440 e. The van der Waals surface area contributed by atoms with Crippen molar-refractivity contribution in [3.63, 3.8) is 0 Å². The maximum atomic E-state index is 5.81. The zero-order chi connectivity index (χ0) is 11.5. The van der Waals surface area contributed by atoms with Gasteiger partial charge in [0.2, 0.25) is 0 Å². The van der Waals surface area contributed by atoms with E-state index in [1.54, 1.807) is 0 Å². The van der Waals surface area contributed by atoms with Crippen molar-refractivity contribution in [1.29, 1.82) is 0 Å². The third-order valence-electron chi connectivity index (χ3n) is 2.58. The Hall–Kier alpha value is -1.96. The van der Waals surface area contributed by atoms with Gasteiger partial charge in [-0.25, -0.2) is 0 Å². The van der Waals surface area contributed by atoms with Crippen LogP contribution in [0.4, 0.5) is 11.4 Å². The van der Waals surface area contributed by atoms with Crippen LogP contribution in [0.25, 0.3) is 11.1 Å². The van der Waals surface area contributed by atoms with E-state index in [4.69, 9.17) is 5.73 Å². The summed E-state index contributed by atoms with van der Waals surface area (Å²) in [6.45, 7) is 0. The van der Waals surface area contributed by atoms with Crippen LogP contribution < -0.4 is 10.6 Å². The number of benzene rings is 2. The Morgan fingerprint density at radius 2 is 1.69 bits per heavy atom. The summed E-state index contributed by atoms with van der Waals surface area (Å²) >= 11 is 0. The monoisotopic (exact) mass is 212 g/mol. The van der Waals surface area contributed by atoms with Crippen LogP contribution in [0, 0.1) is 0 Å². The van der Waals surface area contributed by atoms with Gasteiger partial charge in [0.15, 0.2) is 0 Å². The Kier molecular flexibility index (Phi) is 2.82. The first-order valence-corrected chi connectivity index (χ1v) is 5.31. The first-order valence-electron chi connectivity index (χ1n) is 5.31. The molecule has 0 amide bonds. The van der Waals surface area contributed by atoms with Crippen LogP contribution in [-0.2, 0) is 0 Å². The molecule has 2 N–H and O–H groups in total. The molecule has 16 heavy (non-hydrogen) atoms. The topological polar surface area (TPSA) is 29.3 Å². The molecular formula is C14H16N2. The third kappa shape index (κ3) is 2.01. The second-order valence-electron chi connectivity index (χ2n) is 4.04. The van der Waals surface area contributed by atoms with Crippen LogP contribution in [0.2, 0.25) is 0 Å². The highest BCUT2D eigenvalue weighted by Crippen LogP contribution is 2.30. The van der Waals surface area contributed by atoms with Gasteiger partial charge in [0.25, 0.3) is 0 Å². The summed E-state index contributed by atoms with van der Waals surface area (Å²) in [5, 5.41) is 0. The van der Waals surface area contributed by atoms with Gasteiger partial charge < -0.3 is 10.6 Å². The summed E-state index contributed by atoms with van der Waals surface area (Å²) in [6.07, 6.45) is 0. The number of rotatable bonds is 2. The average molecular weight is 212 g/mol.